The second kappa shape index (κ2) is 6.62. The first kappa shape index (κ1) is 14.0. The number of aliphatic hydroxyl groups is 1. The van der Waals surface area contributed by atoms with E-state index in [-0.39, 0.29) is 18.8 Å². The predicted molar refractivity (Wildman–Crippen MR) is 68.5 cm³/mol. The Labute approximate surface area is 103 Å². The molecule has 3 heteroatoms. The standard InChI is InChI=1S/C14H22O3/c1-10-6-5-7-14(13(10)4)17-12(3)9-16-11(2)8-15/h5-7,11-12,15H,8-9H2,1-4H3. The predicted octanol–water partition coefficient (Wildman–Crippen LogP) is 2.47. The highest BCUT2D eigenvalue weighted by molar-refractivity contribution is 5.38. The summed E-state index contributed by atoms with van der Waals surface area (Å²) < 4.78 is 11.2. The molecule has 0 radical (unpaired) electrons. The summed E-state index contributed by atoms with van der Waals surface area (Å²) in [6.07, 6.45) is -0.163. The number of benzene rings is 1. The van der Waals surface area contributed by atoms with E-state index in [0.717, 1.165) is 11.3 Å². The van der Waals surface area contributed by atoms with Gasteiger partial charge < -0.3 is 14.6 Å². The summed E-state index contributed by atoms with van der Waals surface area (Å²) in [5.74, 6) is 0.901. The quantitative estimate of drug-likeness (QED) is 0.827. The third-order valence-electron chi connectivity index (χ3n) is 2.76. The van der Waals surface area contributed by atoms with Crippen LogP contribution >= 0.6 is 0 Å². The van der Waals surface area contributed by atoms with Crippen LogP contribution in [0.5, 0.6) is 5.75 Å². The molecule has 0 saturated heterocycles. The minimum atomic E-state index is -0.139. The highest BCUT2D eigenvalue weighted by atomic mass is 16.5. The Hall–Kier alpha value is -1.06. The van der Waals surface area contributed by atoms with Gasteiger partial charge in [-0.05, 0) is 44.9 Å². The molecule has 1 aromatic rings. The Morgan fingerprint density at radius 1 is 1.18 bits per heavy atom. The minimum Gasteiger partial charge on any atom is -0.488 e. The Bertz CT molecular complexity index is 349. The topological polar surface area (TPSA) is 38.7 Å². The minimum absolute atomic E-state index is 0.0236. The van der Waals surface area contributed by atoms with Crippen molar-refractivity contribution < 1.29 is 14.6 Å². The van der Waals surface area contributed by atoms with Crippen molar-refractivity contribution in [1.82, 2.24) is 0 Å². The van der Waals surface area contributed by atoms with Gasteiger partial charge in [-0.2, -0.15) is 0 Å². The molecule has 2 atom stereocenters. The van der Waals surface area contributed by atoms with Gasteiger partial charge in [0, 0.05) is 0 Å². The Morgan fingerprint density at radius 3 is 2.53 bits per heavy atom. The summed E-state index contributed by atoms with van der Waals surface area (Å²) >= 11 is 0. The molecular formula is C14H22O3. The molecule has 1 rings (SSSR count). The molecule has 0 aromatic heterocycles. The van der Waals surface area contributed by atoms with Crippen LogP contribution in [0.15, 0.2) is 18.2 Å². The van der Waals surface area contributed by atoms with Crippen LogP contribution in [0.25, 0.3) is 0 Å². The van der Waals surface area contributed by atoms with Gasteiger partial charge in [0.15, 0.2) is 0 Å². The number of rotatable bonds is 6. The van der Waals surface area contributed by atoms with Crippen LogP contribution in [-0.4, -0.2) is 30.5 Å². The Kier molecular flexibility index (Phi) is 5.45. The maximum atomic E-state index is 8.85. The second-order valence-electron chi connectivity index (χ2n) is 4.45. The zero-order valence-electron chi connectivity index (χ0n) is 11.1. The maximum absolute atomic E-state index is 8.85. The van der Waals surface area contributed by atoms with Crippen LogP contribution in [0.4, 0.5) is 0 Å². The van der Waals surface area contributed by atoms with Crippen molar-refractivity contribution in [3.8, 4) is 5.75 Å². The van der Waals surface area contributed by atoms with Gasteiger partial charge in [-0.15, -0.1) is 0 Å². The van der Waals surface area contributed by atoms with Crippen LogP contribution in [-0.2, 0) is 4.74 Å². The molecule has 0 amide bonds. The molecule has 1 aromatic carbocycles. The van der Waals surface area contributed by atoms with E-state index < -0.39 is 0 Å². The largest absolute Gasteiger partial charge is 0.488 e. The molecule has 0 bridgehead atoms. The lowest BCUT2D eigenvalue weighted by molar-refractivity contribution is -0.0111. The highest BCUT2D eigenvalue weighted by Crippen LogP contribution is 2.21. The highest BCUT2D eigenvalue weighted by Gasteiger charge is 2.09. The van der Waals surface area contributed by atoms with E-state index in [1.54, 1.807) is 0 Å². The van der Waals surface area contributed by atoms with Gasteiger partial charge in [-0.25, -0.2) is 0 Å². The van der Waals surface area contributed by atoms with Crippen molar-refractivity contribution in [3.05, 3.63) is 29.3 Å². The van der Waals surface area contributed by atoms with Crippen LogP contribution in [0.2, 0.25) is 0 Å². The van der Waals surface area contributed by atoms with Crippen molar-refractivity contribution in [3.63, 3.8) is 0 Å². The summed E-state index contributed by atoms with van der Waals surface area (Å²) in [7, 11) is 0. The smallest absolute Gasteiger partial charge is 0.123 e. The van der Waals surface area contributed by atoms with Gasteiger partial charge in [-0.1, -0.05) is 12.1 Å². The maximum Gasteiger partial charge on any atom is 0.123 e. The molecule has 1 N–H and O–H groups in total. The molecular weight excluding hydrogens is 216 g/mol. The molecule has 0 heterocycles. The fourth-order valence-electron chi connectivity index (χ4n) is 1.46. The van der Waals surface area contributed by atoms with Crippen molar-refractivity contribution in [2.45, 2.75) is 39.9 Å². The molecule has 0 fully saturated rings. The average Bonchev–Trinajstić information content (AvgIpc) is 2.32. The first-order valence-corrected chi connectivity index (χ1v) is 6.00. The summed E-state index contributed by atoms with van der Waals surface area (Å²) in [6, 6.07) is 6.02. The Balaban J connectivity index is 2.50. The monoisotopic (exact) mass is 238 g/mol. The van der Waals surface area contributed by atoms with E-state index in [9.17, 15) is 0 Å². The molecule has 2 unspecified atom stereocenters. The molecule has 0 aliphatic rings. The lowest BCUT2D eigenvalue weighted by Gasteiger charge is -2.19. The summed E-state index contributed by atoms with van der Waals surface area (Å²) in [5.41, 5.74) is 2.38. The van der Waals surface area contributed by atoms with Gasteiger partial charge in [0.1, 0.15) is 11.9 Å². The van der Waals surface area contributed by atoms with Crippen molar-refractivity contribution in [2.75, 3.05) is 13.2 Å². The first-order valence-electron chi connectivity index (χ1n) is 6.00. The van der Waals surface area contributed by atoms with Gasteiger partial charge in [-0.3, -0.25) is 0 Å². The molecule has 96 valence electrons. The van der Waals surface area contributed by atoms with E-state index in [1.165, 1.54) is 5.56 Å². The summed E-state index contributed by atoms with van der Waals surface area (Å²) in [6.45, 7) is 8.44. The zero-order chi connectivity index (χ0) is 12.8. The SMILES string of the molecule is Cc1cccc(OC(C)COC(C)CO)c1C. The lowest BCUT2D eigenvalue weighted by atomic mass is 10.1. The lowest BCUT2D eigenvalue weighted by Crippen LogP contribution is -2.24. The van der Waals surface area contributed by atoms with Gasteiger partial charge >= 0.3 is 0 Å². The van der Waals surface area contributed by atoms with Crippen LogP contribution in [0.3, 0.4) is 0 Å². The van der Waals surface area contributed by atoms with E-state index in [1.807, 2.05) is 26.0 Å². The molecule has 17 heavy (non-hydrogen) atoms. The van der Waals surface area contributed by atoms with Gasteiger partial charge in [0.05, 0.1) is 19.3 Å². The van der Waals surface area contributed by atoms with E-state index in [4.69, 9.17) is 14.6 Å². The number of hydrogen-bond acceptors (Lipinski definition) is 3. The van der Waals surface area contributed by atoms with Crippen molar-refractivity contribution in [2.24, 2.45) is 0 Å². The summed E-state index contributed by atoms with van der Waals surface area (Å²) in [4.78, 5) is 0. The van der Waals surface area contributed by atoms with Crippen molar-refractivity contribution in [1.29, 1.82) is 0 Å². The molecule has 0 aliphatic heterocycles. The fraction of sp³-hybridized carbons (Fsp3) is 0.571. The van der Waals surface area contributed by atoms with Gasteiger partial charge in [0.2, 0.25) is 0 Å². The van der Waals surface area contributed by atoms with Crippen LogP contribution in [0.1, 0.15) is 25.0 Å². The number of aryl methyl sites for hydroxylation is 1. The zero-order valence-corrected chi connectivity index (χ0v) is 11.1. The van der Waals surface area contributed by atoms with E-state index >= 15 is 0 Å². The van der Waals surface area contributed by atoms with Crippen LogP contribution < -0.4 is 4.74 Å². The second-order valence-corrected chi connectivity index (χ2v) is 4.45. The van der Waals surface area contributed by atoms with Crippen molar-refractivity contribution >= 4 is 0 Å². The normalized spacial score (nSPS) is 14.4. The molecule has 0 aliphatic carbocycles. The van der Waals surface area contributed by atoms with Crippen LogP contribution in [0, 0.1) is 13.8 Å². The fourth-order valence-corrected chi connectivity index (χ4v) is 1.46. The van der Waals surface area contributed by atoms with Gasteiger partial charge in [0.25, 0.3) is 0 Å². The number of ether oxygens (including phenoxy) is 2. The summed E-state index contributed by atoms with van der Waals surface area (Å²) in [5, 5.41) is 8.85. The number of hydrogen-bond donors (Lipinski definition) is 1. The molecule has 0 saturated carbocycles. The average molecular weight is 238 g/mol. The van der Waals surface area contributed by atoms with E-state index in [2.05, 4.69) is 19.9 Å². The molecule has 0 spiro atoms. The molecule has 3 nitrogen and oxygen atoms in total. The van der Waals surface area contributed by atoms with E-state index in [0.29, 0.717) is 6.61 Å². The first-order chi connectivity index (χ1) is 8.04. The Morgan fingerprint density at radius 2 is 1.88 bits per heavy atom. The third-order valence-corrected chi connectivity index (χ3v) is 2.76. The number of aliphatic hydroxyl groups excluding tert-OH is 1. The third kappa shape index (κ3) is 4.36.